The van der Waals surface area contributed by atoms with E-state index in [4.69, 9.17) is 14.6 Å². The summed E-state index contributed by atoms with van der Waals surface area (Å²) in [6.45, 7) is 4.17. The fourth-order valence-electron chi connectivity index (χ4n) is 4.37. The monoisotopic (exact) mass is 546 g/mol. The molecule has 0 aliphatic carbocycles. The Morgan fingerprint density at radius 2 is 1.45 bits per heavy atom. The maximum absolute atomic E-state index is 13.0. The molecule has 0 aromatic heterocycles. The summed E-state index contributed by atoms with van der Waals surface area (Å²) >= 11 is 0. The maximum Gasteiger partial charge on any atom is 0.490 e. The van der Waals surface area contributed by atoms with Crippen LogP contribution in [-0.4, -0.2) is 65.2 Å². The number of hydrogen-bond acceptors (Lipinski definition) is 4. The number of carboxylic acids is 1. The van der Waals surface area contributed by atoms with Crippen molar-refractivity contribution in [2.24, 2.45) is 0 Å². The van der Waals surface area contributed by atoms with Crippen LogP contribution in [0.5, 0.6) is 5.75 Å². The highest BCUT2D eigenvalue weighted by atomic mass is 19.4. The molecule has 2 aliphatic rings. The van der Waals surface area contributed by atoms with E-state index < -0.39 is 23.9 Å². The Morgan fingerprint density at radius 1 is 0.868 bits per heavy atom. The van der Waals surface area contributed by atoms with Gasteiger partial charge >= 0.3 is 18.3 Å². The molecular weight excluding hydrogens is 518 g/mol. The average Bonchev–Trinajstić information content (AvgIpc) is 3.55. The molecule has 0 saturated carbocycles. The van der Waals surface area contributed by atoms with Crippen LogP contribution in [0.15, 0.2) is 48.5 Å². The Morgan fingerprint density at radius 3 is 1.97 bits per heavy atom. The molecule has 2 aliphatic heterocycles. The number of carbonyl (C=O) groups is 2. The summed E-state index contributed by atoms with van der Waals surface area (Å²) in [5.74, 6) is -2.13. The van der Waals surface area contributed by atoms with Crippen molar-refractivity contribution >= 4 is 11.9 Å². The fraction of sp³-hybridized carbons (Fsp3) is 0.462. The quantitative estimate of drug-likeness (QED) is 0.477. The topological polar surface area (TPSA) is 70.1 Å². The van der Waals surface area contributed by atoms with E-state index in [2.05, 4.69) is 4.90 Å². The fourth-order valence-corrected chi connectivity index (χ4v) is 4.37. The zero-order valence-electron chi connectivity index (χ0n) is 20.4. The van der Waals surface area contributed by atoms with Gasteiger partial charge in [-0.25, -0.2) is 4.79 Å². The van der Waals surface area contributed by atoms with Crippen molar-refractivity contribution in [3.8, 4) is 5.75 Å². The normalized spacial score (nSPS) is 18.2. The van der Waals surface area contributed by atoms with Gasteiger partial charge in [0.2, 0.25) is 0 Å². The van der Waals surface area contributed by atoms with Crippen LogP contribution >= 0.6 is 0 Å². The SMILES string of the molecule is O=C(O)C(F)(F)F.O=C(c1ccc(OCc2ccc(C(F)(F)F)cc2)cc1)N1CCC[C@H]1CN1CCCC1. The van der Waals surface area contributed by atoms with E-state index in [0.29, 0.717) is 16.9 Å². The van der Waals surface area contributed by atoms with Crippen molar-refractivity contribution < 1.29 is 45.8 Å². The average molecular weight is 547 g/mol. The smallest absolute Gasteiger partial charge is 0.489 e. The van der Waals surface area contributed by atoms with Gasteiger partial charge in [0.1, 0.15) is 12.4 Å². The van der Waals surface area contributed by atoms with Crippen molar-refractivity contribution in [3.05, 3.63) is 65.2 Å². The van der Waals surface area contributed by atoms with Crippen LogP contribution < -0.4 is 4.74 Å². The van der Waals surface area contributed by atoms with E-state index in [1.807, 2.05) is 4.90 Å². The van der Waals surface area contributed by atoms with Gasteiger partial charge in [0.05, 0.1) is 5.56 Å². The molecule has 2 heterocycles. The van der Waals surface area contributed by atoms with Gasteiger partial charge < -0.3 is 19.6 Å². The maximum atomic E-state index is 13.0. The lowest BCUT2D eigenvalue weighted by Crippen LogP contribution is -2.42. The first kappa shape index (κ1) is 29.3. The van der Waals surface area contributed by atoms with Crippen molar-refractivity contribution in [2.45, 2.75) is 50.7 Å². The molecule has 4 rings (SSSR count). The summed E-state index contributed by atoms with van der Waals surface area (Å²) in [7, 11) is 0. The van der Waals surface area contributed by atoms with Crippen LogP contribution in [0, 0.1) is 0 Å². The minimum absolute atomic E-state index is 0.0518. The lowest BCUT2D eigenvalue weighted by Gasteiger charge is -2.28. The Hall–Kier alpha value is -3.28. The summed E-state index contributed by atoms with van der Waals surface area (Å²) in [5, 5.41) is 7.12. The third-order valence-corrected chi connectivity index (χ3v) is 6.34. The second-order valence-electron chi connectivity index (χ2n) is 9.11. The number of nitrogens with zero attached hydrogens (tertiary/aromatic N) is 2. The van der Waals surface area contributed by atoms with E-state index in [9.17, 15) is 31.1 Å². The summed E-state index contributed by atoms with van der Waals surface area (Å²) < 4.78 is 75.3. The van der Waals surface area contributed by atoms with Crippen LogP contribution in [0.3, 0.4) is 0 Å². The number of benzene rings is 2. The number of likely N-dealkylation sites (tertiary alicyclic amines) is 2. The molecule has 0 unspecified atom stereocenters. The summed E-state index contributed by atoms with van der Waals surface area (Å²) in [6.07, 6.45) is -4.84. The Kier molecular flexibility index (Phi) is 9.64. The predicted octanol–water partition coefficient (Wildman–Crippen LogP) is 5.62. The van der Waals surface area contributed by atoms with Crippen molar-refractivity contribution in [1.29, 1.82) is 0 Å². The molecule has 2 aromatic rings. The molecular formula is C26H28F6N2O4. The first-order chi connectivity index (χ1) is 17.8. The number of rotatable bonds is 6. The number of aliphatic carboxylic acids is 1. The van der Waals surface area contributed by atoms with E-state index >= 15 is 0 Å². The molecule has 0 radical (unpaired) electrons. The number of ether oxygens (including phenoxy) is 1. The number of carboxylic acid groups (broad SMARTS) is 1. The van der Waals surface area contributed by atoms with Gasteiger partial charge in [-0.05, 0) is 80.7 Å². The van der Waals surface area contributed by atoms with E-state index in [-0.39, 0.29) is 18.6 Å². The van der Waals surface area contributed by atoms with E-state index in [1.54, 1.807) is 24.3 Å². The van der Waals surface area contributed by atoms with E-state index in [0.717, 1.165) is 51.2 Å². The Labute approximate surface area is 215 Å². The largest absolute Gasteiger partial charge is 0.490 e. The standard InChI is InChI=1S/C24H27F3N2O2.C2HF3O2/c25-24(26,27)20-9-5-18(6-10-20)17-31-22-11-7-19(8-12-22)23(30)29-15-3-4-21(29)16-28-13-1-2-14-28;3-2(4,5)1(6)7/h5-12,21H,1-4,13-17H2;(H,6,7)/t21-;/m0./s1. The highest BCUT2D eigenvalue weighted by Crippen LogP contribution is 2.29. The molecule has 1 amide bonds. The first-order valence-corrected chi connectivity index (χ1v) is 12.1. The molecule has 6 nitrogen and oxygen atoms in total. The van der Waals surface area contributed by atoms with Gasteiger partial charge in [0.15, 0.2) is 0 Å². The Bertz CT molecular complexity index is 1070. The number of halogens is 6. The van der Waals surface area contributed by atoms with Crippen LogP contribution in [0.1, 0.15) is 47.2 Å². The minimum atomic E-state index is -5.08. The first-order valence-electron chi connectivity index (χ1n) is 12.1. The van der Waals surface area contributed by atoms with Gasteiger partial charge in [0.25, 0.3) is 5.91 Å². The highest BCUT2D eigenvalue weighted by Gasteiger charge is 2.38. The summed E-state index contributed by atoms with van der Waals surface area (Å²) in [5.41, 5.74) is 0.606. The molecule has 2 saturated heterocycles. The number of alkyl halides is 6. The van der Waals surface area contributed by atoms with Crippen molar-refractivity contribution in [3.63, 3.8) is 0 Å². The molecule has 0 bridgehead atoms. The molecule has 208 valence electrons. The van der Waals surface area contributed by atoms with Gasteiger partial charge in [-0.2, -0.15) is 26.3 Å². The highest BCUT2D eigenvalue weighted by molar-refractivity contribution is 5.94. The van der Waals surface area contributed by atoms with Crippen LogP contribution in [0.2, 0.25) is 0 Å². The van der Waals surface area contributed by atoms with Crippen LogP contribution in [0.4, 0.5) is 26.3 Å². The molecule has 38 heavy (non-hydrogen) atoms. The second kappa shape index (κ2) is 12.5. The number of carbonyl (C=O) groups excluding carboxylic acids is 1. The zero-order chi connectivity index (χ0) is 27.9. The molecule has 2 aromatic carbocycles. The summed E-state index contributed by atoms with van der Waals surface area (Å²) in [6, 6.07) is 12.2. The third-order valence-electron chi connectivity index (χ3n) is 6.34. The van der Waals surface area contributed by atoms with Gasteiger partial charge in [-0.15, -0.1) is 0 Å². The Balaban J connectivity index is 0.000000505. The molecule has 12 heteroatoms. The number of amides is 1. The van der Waals surface area contributed by atoms with Gasteiger partial charge in [-0.3, -0.25) is 4.79 Å². The minimum Gasteiger partial charge on any atom is -0.489 e. The number of hydrogen-bond donors (Lipinski definition) is 1. The molecule has 0 spiro atoms. The van der Waals surface area contributed by atoms with Crippen LogP contribution in [-0.2, 0) is 17.6 Å². The zero-order valence-corrected chi connectivity index (χ0v) is 20.4. The third kappa shape index (κ3) is 8.37. The molecule has 1 N–H and O–H groups in total. The van der Waals surface area contributed by atoms with E-state index in [1.165, 1.54) is 25.0 Å². The van der Waals surface area contributed by atoms with Crippen LogP contribution in [0.25, 0.3) is 0 Å². The molecule has 1 atom stereocenters. The predicted molar refractivity (Wildman–Crippen MR) is 126 cm³/mol. The van der Waals surface area contributed by atoms with Gasteiger partial charge in [0, 0.05) is 24.7 Å². The van der Waals surface area contributed by atoms with Crippen molar-refractivity contribution in [2.75, 3.05) is 26.2 Å². The lowest BCUT2D eigenvalue weighted by atomic mass is 10.1. The molecule has 2 fully saturated rings. The van der Waals surface area contributed by atoms with Gasteiger partial charge in [-0.1, -0.05) is 12.1 Å². The van der Waals surface area contributed by atoms with Crippen molar-refractivity contribution in [1.82, 2.24) is 9.80 Å². The second-order valence-corrected chi connectivity index (χ2v) is 9.11. The summed E-state index contributed by atoms with van der Waals surface area (Å²) in [4.78, 5) is 26.4. The lowest BCUT2D eigenvalue weighted by molar-refractivity contribution is -0.192.